The van der Waals surface area contributed by atoms with Gasteiger partial charge in [-0.25, -0.2) is 0 Å². The average Bonchev–Trinajstić information content (AvgIpc) is 3.57. The van der Waals surface area contributed by atoms with E-state index in [1.165, 1.54) is 4.91 Å². The Morgan fingerprint density at radius 1 is 0.979 bits per heavy atom. The molecule has 3 saturated heterocycles. The molecule has 0 amide bonds. The Morgan fingerprint density at radius 3 is 2.23 bits per heavy atom. The molecular formula is C37H57BrO8S. The van der Waals surface area contributed by atoms with E-state index in [-0.39, 0.29) is 55.4 Å². The number of carboxylic acids is 1. The van der Waals surface area contributed by atoms with Crippen molar-refractivity contribution in [3.8, 4) is 0 Å². The van der Waals surface area contributed by atoms with Crippen LogP contribution in [-0.2, 0) is 33.2 Å². The van der Waals surface area contributed by atoms with Gasteiger partial charge in [-0.15, -0.1) is 11.8 Å². The number of thioether (sulfide) groups is 1. The van der Waals surface area contributed by atoms with E-state index in [9.17, 15) is 4.79 Å². The van der Waals surface area contributed by atoms with Crippen LogP contribution in [0.25, 0.3) is 0 Å². The molecule has 0 spiro atoms. The lowest BCUT2D eigenvalue weighted by Gasteiger charge is -2.30. The minimum absolute atomic E-state index is 0.0107. The summed E-state index contributed by atoms with van der Waals surface area (Å²) >= 11 is 5.76. The van der Waals surface area contributed by atoms with Gasteiger partial charge in [-0.3, -0.25) is 4.79 Å². The van der Waals surface area contributed by atoms with Crippen LogP contribution in [0, 0.1) is 11.8 Å². The largest absolute Gasteiger partial charge is 0.481 e. The summed E-state index contributed by atoms with van der Waals surface area (Å²) in [6, 6.07) is 0. The van der Waals surface area contributed by atoms with Crippen LogP contribution in [0.5, 0.6) is 0 Å². The maximum atomic E-state index is 11.0. The zero-order valence-electron chi connectivity index (χ0n) is 28.2. The molecule has 10 heteroatoms. The number of allylic oxidation sites excluding steroid dienone is 4. The smallest absolute Gasteiger partial charge is 0.303 e. The van der Waals surface area contributed by atoms with Gasteiger partial charge in [0.05, 0.1) is 18.3 Å². The number of halogens is 1. The molecule has 4 heterocycles. The summed E-state index contributed by atoms with van der Waals surface area (Å²) < 4.78 is 38.3. The standard InChI is InChI=1S/C37H57BrO8S/c1-26-31(38)24-28(47-26)19-17-27(44-35-14-6-9-21-41-35)18-20-30-29(12-4-2-3-5-13-34(39)40)32(45-36-15-7-10-22-42-36)25-33(30)46-37-16-8-11-23-43-37/h2,4,18,20,24,26-27,29-33,35-37H,3,5-17,19,21-23,25H2,1H3,(H,39,40)/b4-2-,20-18+/t26?,27-,29+,30?,31?,32-,33+,35?,36?,37?/m0/s1. The van der Waals surface area contributed by atoms with E-state index in [2.05, 4.69) is 53.2 Å². The molecule has 0 bridgehead atoms. The first kappa shape index (κ1) is 37.5. The Balaban J connectivity index is 1.34. The molecule has 47 heavy (non-hydrogen) atoms. The lowest BCUT2D eigenvalue weighted by atomic mass is 9.89. The van der Waals surface area contributed by atoms with Gasteiger partial charge in [-0.05, 0) is 101 Å². The van der Waals surface area contributed by atoms with Crippen molar-refractivity contribution in [2.75, 3.05) is 19.8 Å². The van der Waals surface area contributed by atoms with Gasteiger partial charge in [0.2, 0.25) is 0 Å². The number of unbranched alkanes of at least 4 members (excludes halogenated alkanes) is 1. The van der Waals surface area contributed by atoms with Gasteiger partial charge in [0.1, 0.15) is 0 Å². The first-order valence-electron chi connectivity index (χ1n) is 18.3. The topological polar surface area (TPSA) is 92.7 Å². The molecule has 0 aromatic heterocycles. The second-order valence-corrected chi connectivity index (χ2v) is 16.3. The fourth-order valence-electron chi connectivity index (χ4n) is 7.29. The van der Waals surface area contributed by atoms with Gasteiger partial charge < -0.3 is 33.5 Å². The van der Waals surface area contributed by atoms with E-state index < -0.39 is 5.97 Å². The molecule has 266 valence electrons. The minimum atomic E-state index is -0.745. The zero-order valence-corrected chi connectivity index (χ0v) is 30.6. The highest BCUT2D eigenvalue weighted by atomic mass is 79.9. The van der Waals surface area contributed by atoms with E-state index in [0.29, 0.717) is 16.5 Å². The minimum Gasteiger partial charge on any atom is -0.481 e. The highest BCUT2D eigenvalue weighted by Gasteiger charge is 2.45. The van der Waals surface area contributed by atoms with Crippen molar-refractivity contribution in [2.24, 2.45) is 11.8 Å². The highest BCUT2D eigenvalue weighted by molar-refractivity contribution is 9.09. The summed E-state index contributed by atoms with van der Waals surface area (Å²) in [4.78, 5) is 12.9. The van der Waals surface area contributed by atoms with Crippen LogP contribution < -0.4 is 0 Å². The van der Waals surface area contributed by atoms with Crippen LogP contribution in [0.1, 0.15) is 110 Å². The Kier molecular flexibility index (Phi) is 16.1. The molecule has 1 N–H and O–H groups in total. The molecule has 4 fully saturated rings. The second-order valence-electron chi connectivity index (χ2n) is 13.7. The van der Waals surface area contributed by atoms with Crippen LogP contribution in [0.15, 0.2) is 35.3 Å². The highest BCUT2D eigenvalue weighted by Crippen LogP contribution is 2.43. The predicted octanol–water partition coefficient (Wildman–Crippen LogP) is 8.68. The second kappa shape index (κ2) is 20.2. The van der Waals surface area contributed by atoms with Crippen molar-refractivity contribution < 1.29 is 38.3 Å². The summed E-state index contributed by atoms with van der Waals surface area (Å²) in [5.41, 5.74) is 0. The molecule has 5 rings (SSSR count). The molecule has 1 saturated carbocycles. The summed E-state index contributed by atoms with van der Waals surface area (Å²) in [6.45, 7) is 4.52. The molecule has 1 aliphatic carbocycles. The normalized spacial score (nSPS) is 35.9. The van der Waals surface area contributed by atoms with Crippen LogP contribution in [0.4, 0.5) is 0 Å². The van der Waals surface area contributed by atoms with Gasteiger partial charge in [0.15, 0.2) is 18.9 Å². The maximum Gasteiger partial charge on any atom is 0.303 e. The fraction of sp³-hybridized carbons (Fsp3) is 0.811. The van der Waals surface area contributed by atoms with Crippen molar-refractivity contribution in [3.63, 3.8) is 0 Å². The number of carboxylic acid groups (broad SMARTS) is 1. The number of aliphatic carboxylic acids is 1. The Bertz CT molecular complexity index is 1020. The molecule has 0 aromatic carbocycles. The number of carbonyl (C=O) groups is 1. The fourth-order valence-corrected chi connectivity index (χ4v) is 9.26. The first-order chi connectivity index (χ1) is 22.9. The molecule has 0 radical (unpaired) electrons. The molecule has 8 nitrogen and oxygen atoms in total. The van der Waals surface area contributed by atoms with Gasteiger partial charge >= 0.3 is 5.97 Å². The van der Waals surface area contributed by atoms with Crippen LogP contribution >= 0.6 is 27.7 Å². The quantitative estimate of drug-likeness (QED) is 0.0894. The summed E-state index contributed by atoms with van der Waals surface area (Å²) in [5, 5.41) is 9.60. The third-order valence-corrected chi connectivity index (χ3v) is 12.7. The van der Waals surface area contributed by atoms with Crippen molar-refractivity contribution in [1.29, 1.82) is 0 Å². The average molecular weight is 742 g/mol. The molecule has 10 atom stereocenters. The number of hydrogen-bond donors (Lipinski definition) is 1. The van der Waals surface area contributed by atoms with Crippen molar-refractivity contribution in [1.82, 2.24) is 0 Å². The molecule has 4 aliphatic heterocycles. The Hall–Kier alpha value is -0.720. The van der Waals surface area contributed by atoms with E-state index in [1.54, 1.807) is 0 Å². The Labute approximate surface area is 294 Å². The molecule has 6 unspecified atom stereocenters. The van der Waals surface area contributed by atoms with Gasteiger partial charge in [-0.2, -0.15) is 0 Å². The van der Waals surface area contributed by atoms with Crippen molar-refractivity contribution >= 4 is 33.7 Å². The summed E-state index contributed by atoms with van der Waals surface area (Å²) in [5.74, 6) is -0.441. The lowest BCUT2D eigenvalue weighted by Crippen LogP contribution is -2.31. The molecule has 0 aromatic rings. The number of rotatable bonds is 17. The van der Waals surface area contributed by atoms with Gasteiger partial charge in [-0.1, -0.05) is 53.2 Å². The number of alkyl halides is 1. The number of ether oxygens (including phenoxy) is 6. The monoisotopic (exact) mass is 740 g/mol. The van der Waals surface area contributed by atoms with Crippen LogP contribution in [-0.4, -0.2) is 78.2 Å². The predicted molar refractivity (Wildman–Crippen MR) is 188 cm³/mol. The molecule has 5 aliphatic rings. The third kappa shape index (κ3) is 12.5. The van der Waals surface area contributed by atoms with Crippen LogP contribution in [0.3, 0.4) is 0 Å². The maximum absolute atomic E-state index is 11.0. The summed E-state index contributed by atoms with van der Waals surface area (Å²) in [7, 11) is 0. The summed E-state index contributed by atoms with van der Waals surface area (Å²) in [6.07, 6.45) is 25.2. The van der Waals surface area contributed by atoms with Gasteiger partial charge in [0.25, 0.3) is 0 Å². The van der Waals surface area contributed by atoms with Gasteiger partial charge in [0, 0.05) is 48.7 Å². The van der Waals surface area contributed by atoms with Crippen molar-refractivity contribution in [2.45, 2.75) is 157 Å². The molecular weight excluding hydrogens is 684 g/mol. The van der Waals surface area contributed by atoms with E-state index >= 15 is 0 Å². The number of hydrogen-bond acceptors (Lipinski definition) is 8. The van der Waals surface area contributed by atoms with E-state index in [4.69, 9.17) is 33.5 Å². The Morgan fingerprint density at radius 2 is 1.64 bits per heavy atom. The SMILES string of the molecule is CC1SC(CC[C@@H](/C=C/C2[C@@H](C/C=C\CCCC(=O)O)[C@@H](OC3CCCCO3)C[C@H]2OC2CCCCO2)OC2CCCCO2)=CC1Br. The van der Waals surface area contributed by atoms with Crippen molar-refractivity contribution in [3.05, 3.63) is 35.3 Å². The first-order valence-corrected chi connectivity index (χ1v) is 20.1. The van der Waals surface area contributed by atoms with Crippen LogP contribution in [0.2, 0.25) is 0 Å². The lowest BCUT2D eigenvalue weighted by molar-refractivity contribution is -0.203. The van der Waals surface area contributed by atoms with E-state index in [1.807, 2.05) is 11.8 Å². The van der Waals surface area contributed by atoms with E-state index in [0.717, 1.165) is 110 Å². The zero-order chi connectivity index (χ0) is 32.8. The third-order valence-electron chi connectivity index (χ3n) is 9.95.